The highest BCUT2D eigenvalue weighted by atomic mass is 32.2. The number of rotatable bonds is 17. The molecule has 1 heterocycles. The van der Waals surface area contributed by atoms with Gasteiger partial charge in [0.15, 0.2) is 5.78 Å². The van der Waals surface area contributed by atoms with E-state index in [4.69, 9.17) is 9.99 Å². The number of carbonyl (C=O) groups is 2. The molecule has 43 heavy (non-hydrogen) atoms. The van der Waals surface area contributed by atoms with Crippen molar-refractivity contribution in [2.24, 2.45) is 5.10 Å². The highest BCUT2D eigenvalue weighted by Gasteiger charge is 2.22. The van der Waals surface area contributed by atoms with Gasteiger partial charge in [0.1, 0.15) is 11.6 Å². The molecule has 0 spiro atoms. The van der Waals surface area contributed by atoms with E-state index in [1.165, 1.54) is 6.20 Å². The first-order valence-corrected chi connectivity index (χ1v) is 15.0. The number of unbranched alkanes of at least 4 members (excludes halogenated alkanes) is 3. The van der Waals surface area contributed by atoms with Crippen molar-refractivity contribution in [3.8, 4) is 5.75 Å². The lowest BCUT2D eigenvalue weighted by Gasteiger charge is -2.21. The van der Waals surface area contributed by atoms with E-state index >= 15 is 0 Å². The van der Waals surface area contributed by atoms with Crippen molar-refractivity contribution in [1.29, 1.82) is 0 Å². The van der Waals surface area contributed by atoms with Crippen LogP contribution in [-0.2, 0) is 22.2 Å². The molecule has 1 aliphatic carbocycles. The number of hydrazone groups is 1. The maximum absolute atomic E-state index is 12.5. The number of pyridine rings is 1. The summed E-state index contributed by atoms with van der Waals surface area (Å²) in [7, 11) is 0. The van der Waals surface area contributed by atoms with Crippen LogP contribution < -0.4 is 15.5 Å². The first-order chi connectivity index (χ1) is 21.1. The van der Waals surface area contributed by atoms with Gasteiger partial charge in [-0.1, -0.05) is 42.2 Å². The highest BCUT2D eigenvalue weighted by Crippen LogP contribution is 2.32. The van der Waals surface area contributed by atoms with Crippen molar-refractivity contribution in [1.82, 2.24) is 10.3 Å². The molecule has 226 valence electrons. The molecule has 0 aliphatic heterocycles. The molecule has 3 aromatic rings. The van der Waals surface area contributed by atoms with E-state index < -0.39 is 0 Å². The molecule has 0 saturated carbocycles. The molecule has 0 radical (unpaired) electrons. The summed E-state index contributed by atoms with van der Waals surface area (Å²) in [5.41, 5.74) is 7.08. The molecular weight excluding hydrogens is 568 g/mol. The molecule has 0 unspecified atom stereocenters. The zero-order valence-electron chi connectivity index (χ0n) is 23.9. The minimum absolute atomic E-state index is 0.177. The fourth-order valence-corrected chi connectivity index (χ4v) is 5.28. The van der Waals surface area contributed by atoms with Crippen molar-refractivity contribution >= 4 is 35.8 Å². The fourth-order valence-electron chi connectivity index (χ4n) is 4.83. The molecular formula is C32H36N4O6S. The third-order valence-corrected chi connectivity index (χ3v) is 7.64. The largest absolute Gasteiger partial charge is 0.493 e. The second kappa shape index (κ2) is 17.2. The second-order valence-electron chi connectivity index (χ2n) is 9.92. The van der Waals surface area contributed by atoms with Gasteiger partial charge in [-0.2, -0.15) is 5.10 Å². The van der Waals surface area contributed by atoms with Crippen molar-refractivity contribution in [3.05, 3.63) is 95.2 Å². The number of ketones is 1. The first kappa shape index (κ1) is 31.9. The molecule has 1 aromatic heterocycles. The van der Waals surface area contributed by atoms with Crippen LogP contribution in [0.15, 0.2) is 77.4 Å². The van der Waals surface area contributed by atoms with Crippen LogP contribution in [0, 0.1) is 0 Å². The number of nitrogens with one attached hydrogen (secondary N) is 2. The van der Waals surface area contributed by atoms with Gasteiger partial charge >= 0.3 is 0 Å². The Morgan fingerprint density at radius 1 is 1.09 bits per heavy atom. The van der Waals surface area contributed by atoms with Gasteiger partial charge in [-0.15, -0.1) is 10.9 Å². The number of anilines is 1. The molecule has 1 aliphatic rings. The Labute approximate surface area is 255 Å². The lowest BCUT2D eigenvalue weighted by molar-refractivity contribution is -0.432. The van der Waals surface area contributed by atoms with E-state index in [2.05, 4.69) is 36.8 Å². The van der Waals surface area contributed by atoms with Gasteiger partial charge in [-0.3, -0.25) is 15.0 Å². The molecule has 1 amide bonds. The molecule has 3 N–H and O–H groups in total. The van der Waals surface area contributed by atoms with Crippen LogP contribution in [0.5, 0.6) is 5.75 Å². The number of hydrogen-bond acceptors (Lipinski definition) is 10. The maximum Gasteiger partial charge on any atom is 0.252 e. The Morgan fingerprint density at radius 2 is 1.95 bits per heavy atom. The van der Waals surface area contributed by atoms with Gasteiger partial charge in [0.2, 0.25) is 0 Å². The number of allylic oxidation sites excluding steroid dienone is 1. The number of nitrogens with zero attached hydrogens (tertiary/aromatic N) is 2. The Kier molecular flexibility index (Phi) is 12.7. The van der Waals surface area contributed by atoms with E-state index in [9.17, 15) is 9.59 Å². The molecule has 11 heteroatoms. The smallest absolute Gasteiger partial charge is 0.252 e. The molecule has 0 bridgehead atoms. The number of benzene rings is 2. The summed E-state index contributed by atoms with van der Waals surface area (Å²) >= 11 is 0.847. The number of fused-ring (bicyclic) bond motifs is 1. The van der Waals surface area contributed by atoms with E-state index in [0.29, 0.717) is 42.3 Å². The van der Waals surface area contributed by atoms with Gasteiger partial charge in [0.05, 0.1) is 30.4 Å². The van der Waals surface area contributed by atoms with Crippen LogP contribution in [-0.4, -0.2) is 41.3 Å². The quantitative estimate of drug-likeness (QED) is 0.0391. The van der Waals surface area contributed by atoms with E-state index in [1.54, 1.807) is 24.4 Å². The van der Waals surface area contributed by atoms with Gasteiger partial charge < -0.3 is 10.1 Å². The number of Topliss-reactive ketones (excluding diaryl/α,β-unsaturated/α-hetero) is 1. The third kappa shape index (κ3) is 9.48. The van der Waals surface area contributed by atoms with E-state index in [1.807, 2.05) is 36.4 Å². The van der Waals surface area contributed by atoms with Crippen molar-refractivity contribution in [3.63, 3.8) is 0 Å². The van der Waals surface area contributed by atoms with Crippen molar-refractivity contribution in [2.45, 2.75) is 56.3 Å². The van der Waals surface area contributed by atoms with Gasteiger partial charge in [-0.05, 0) is 68.0 Å². The summed E-state index contributed by atoms with van der Waals surface area (Å²) in [6.07, 6.45) is 11.8. The summed E-state index contributed by atoms with van der Waals surface area (Å²) in [5, 5.41) is 19.1. The Balaban J connectivity index is 1.12. The normalized spacial score (nSPS) is 12.6. The van der Waals surface area contributed by atoms with E-state index in [0.717, 1.165) is 78.6 Å². The molecule has 0 atom stereocenters. The van der Waals surface area contributed by atoms with E-state index in [-0.39, 0.29) is 11.7 Å². The van der Waals surface area contributed by atoms with Crippen LogP contribution in [0.3, 0.4) is 0 Å². The minimum Gasteiger partial charge on any atom is -0.493 e. The standard InChI is InChI=1S/C32H36N4O6S/c1-2-10-27-25-12-9-13-28(37)26(25)16-17-29(27)40-20-8-4-3-7-19-33-32(38)24-15-18-31(34-21-24)36-35-22-23-11-5-6-14-30(23)43-42-41-39/h2,5-6,11,14-18,21-22,39H,1,3-4,7-10,12-13,19-20H2,(H,33,38)(H,34,36)/b35-22+. The Hall–Kier alpha value is -4.03. The zero-order chi connectivity index (χ0) is 30.3. The average Bonchev–Trinajstić information content (AvgIpc) is 3.03. The zero-order valence-corrected chi connectivity index (χ0v) is 24.7. The lowest BCUT2D eigenvalue weighted by atomic mass is 9.86. The molecule has 10 nitrogen and oxygen atoms in total. The SMILES string of the molecule is C=CCc1c(OCCCCCCNC(=O)c2ccc(N/N=C/c3ccccc3SOOO)nc2)ccc2c1CCCC2=O. The molecule has 4 rings (SSSR count). The number of amides is 1. The topological polar surface area (TPSA) is 131 Å². The van der Waals surface area contributed by atoms with Gasteiger partial charge in [0, 0.05) is 40.7 Å². The summed E-state index contributed by atoms with van der Waals surface area (Å²) in [5.74, 6) is 1.38. The average molecular weight is 605 g/mol. The molecule has 2 aromatic carbocycles. The number of hydrogen-bond donors (Lipinski definition) is 3. The Morgan fingerprint density at radius 3 is 2.77 bits per heavy atom. The van der Waals surface area contributed by atoms with Crippen LogP contribution >= 0.6 is 12.0 Å². The summed E-state index contributed by atoms with van der Waals surface area (Å²) in [6.45, 7) is 5.06. The first-order valence-electron chi connectivity index (χ1n) is 14.3. The monoisotopic (exact) mass is 604 g/mol. The number of aromatic nitrogens is 1. The third-order valence-electron chi connectivity index (χ3n) is 6.96. The Bertz CT molecular complexity index is 1410. The van der Waals surface area contributed by atoms with Gasteiger partial charge in [0.25, 0.3) is 5.91 Å². The number of carbonyl (C=O) groups excluding carboxylic acids is 2. The predicted molar refractivity (Wildman–Crippen MR) is 166 cm³/mol. The highest BCUT2D eigenvalue weighted by molar-refractivity contribution is 7.94. The predicted octanol–water partition coefficient (Wildman–Crippen LogP) is 6.57. The lowest BCUT2D eigenvalue weighted by Crippen LogP contribution is -2.24. The second-order valence-corrected chi connectivity index (χ2v) is 10.7. The fraction of sp³-hybridized carbons (Fsp3) is 0.312. The van der Waals surface area contributed by atoms with Crippen molar-refractivity contribution in [2.75, 3.05) is 18.6 Å². The van der Waals surface area contributed by atoms with Crippen LogP contribution in [0.1, 0.15) is 75.9 Å². The van der Waals surface area contributed by atoms with Gasteiger partial charge in [-0.25, -0.2) is 10.2 Å². The van der Waals surface area contributed by atoms with Crippen LogP contribution in [0.4, 0.5) is 5.82 Å². The van der Waals surface area contributed by atoms with Crippen LogP contribution in [0.2, 0.25) is 0 Å². The summed E-state index contributed by atoms with van der Waals surface area (Å²) < 4.78 is 10.6. The van der Waals surface area contributed by atoms with Crippen LogP contribution in [0.25, 0.3) is 0 Å². The number of ether oxygens (including phenoxy) is 1. The molecule has 0 saturated heterocycles. The minimum atomic E-state index is -0.177. The van der Waals surface area contributed by atoms with Crippen molar-refractivity contribution < 1.29 is 29.0 Å². The molecule has 0 fully saturated rings. The maximum atomic E-state index is 12.5. The summed E-state index contributed by atoms with van der Waals surface area (Å²) in [4.78, 5) is 29.7. The summed E-state index contributed by atoms with van der Waals surface area (Å²) in [6, 6.07) is 14.5.